The van der Waals surface area contributed by atoms with Crippen LogP contribution in [0.1, 0.15) is 34.9 Å². The molecule has 4 rings (SSSR count). The molecule has 1 N–H and O–H groups in total. The Labute approximate surface area is 179 Å². The summed E-state index contributed by atoms with van der Waals surface area (Å²) >= 11 is 6.09. The lowest BCUT2D eigenvalue weighted by Gasteiger charge is -2.16. The average Bonchev–Trinajstić information content (AvgIpc) is 3.39. The third-order valence-electron chi connectivity index (χ3n) is 4.88. The number of imidazole rings is 1. The molecule has 1 atom stereocenters. The van der Waals surface area contributed by atoms with E-state index in [0.29, 0.717) is 18.2 Å². The van der Waals surface area contributed by atoms with Crippen molar-refractivity contribution in [2.75, 3.05) is 6.61 Å². The summed E-state index contributed by atoms with van der Waals surface area (Å²) in [5.74, 6) is 1.51. The highest BCUT2D eigenvalue weighted by atomic mass is 35.5. The Hall–Kier alpha value is -3.25. The van der Waals surface area contributed by atoms with E-state index in [1.165, 1.54) is 6.26 Å². The molecular formula is C23H22ClN3O3. The number of hydrogen-bond acceptors (Lipinski definition) is 4. The Morgan fingerprint density at radius 3 is 2.83 bits per heavy atom. The molecule has 30 heavy (non-hydrogen) atoms. The van der Waals surface area contributed by atoms with Crippen LogP contribution in [0.3, 0.4) is 0 Å². The van der Waals surface area contributed by atoms with Gasteiger partial charge in [-0.1, -0.05) is 23.7 Å². The fraction of sp³-hybridized carbons (Fsp3) is 0.217. The summed E-state index contributed by atoms with van der Waals surface area (Å²) < 4.78 is 13.2. The molecule has 154 valence electrons. The van der Waals surface area contributed by atoms with Gasteiger partial charge >= 0.3 is 0 Å². The number of nitrogens with one attached hydrogen (secondary N) is 1. The summed E-state index contributed by atoms with van der Waals surface area (Å²) in [5, 5.41) is 3.66. The first-order valence-corrected chi connectivity index (χ1v) is 10.1. The number of halogens is 1. The van der Waals surface area contributed by atoms with Gasteiger partial charge in [0, 0.05) is 5.02 Å². The number of benzene rings is 2. The maximum Gasteiger partial charge on any atom is 0.287 e. The minimum Gasteiger partial charge on any atom is -0.492 e. The van der Waals surface area contributed by atoms with E-state index >= 15 is 0 Å². The van der Waals surface area contributed by atoms with Crippen molar-refractivity contribution in [2.45, 2.75) is 26.4 Å². The second kappa shape index (κ2) is 8.63. The molecule has 1 amide bonds. The van der Waals surface area contributed by atoms with Crippen LogP contribution >= 0.6 is 11.6 Å². The number of nitrogens with zero attached hydrogens (tertiary/aromatic N) is 2. The van der Waals surface area contributed by atoms with E-state index in [-0.39, 0.29) is 17.7 Å². The minimum absolute atomic E-state index is 0.269. The number of rotatable bonds is 7. The molecule has 0 fully saturated rings. The van der Waals surface area contributed by atoms with Gasteiger partial charge in [0.25, 0.3) is 5.91 Å². The van der Waals surface area contributed by atoms with Crippen LogP contribution in [0.5, 0.6) is 5.75 Å². The second-order valence-corrected chi connectivity index (χ2v) is 7.45. The van der Waals surface area contributed by atoms with E-state index in [1.54, 1.807) is 12.1 Å². The molecule has 2 aromatic carbocycles. The Kier molecular flexibility index (Phi) is 5.77. The molecule has 2 aromatic heterocycles. The molecule has 0 unspecified atom stereocenters. The number of carbonyl (C=O) groups excluding carboxylic acids is 1. The number of fused-ring (bicyclic) bond motifs is 1. The maximum atomic E-state index is 12.4. The number of furan rings is 1. The molecule has 0 aliphatic heterocycles. The zero-order valence-corrected chi connectivity index (χ0v) is 17.5. The molecule has 6 nitrogen and oxygen atoms in total. The van der Waals surface area contributed by atoms with Gasteiger partial charge in [0.15, 0.2) is 5.76 Å². The fourth-order valence-electron chi connectivity index (χ4n) is 3.36. The SMILES string of the molecule is Cc1cc(OCCn2c([C@@H](C)NC(=O)c3ccco3)nc3ccccc32)ccc1Cl. The summed E-state index contributed by atoms with van der Waals surface area (Å²) in [7, 11) is 0. The number of hydrogen-bond donors (Lipinski definition) is 1. The van der Waals surface area contributed by atoms with E-state index in [4.69, 9.17) is 25.7 Å². The zero-order chi connectivity index (χ0) is 21.1. The van der Waals surface area contributed by atoms with Crippen LogP contribution in [-0.2, 0) is 6.54 Å². The lowest BCUT2D eigenvalue weighted by atomic mass is 10.2. The van der Waals surface area contributed by atoms with Gasteiger partial charge in [-0.2, -0.15) is 0 Å². The first-order valence-electron chi connectivity index (χ1n) is 9.71. The number of para-hydroxylation sites is 2. The molecule has 0 aliphatic rings. The molecule has 0 spiro atoms. The normalized spacial score (nSPS) is 12.1. The van der Waals surface area contributed by atoms with Crippen LogP contribution in [-0.4, -0.2) is 22.1 Å². The molecule has 7 heteroatoms. The first-order chi connectivity index (χ1) is 14.5. The van der Waals surface area contributed by atoms with Crippen LogP contribution in [0.15, 0.2) is 65.3 Å². The van der Waals surface area contributed by atoms with Gasteiger partial charge in [0.1, 0.15) is 18.2 Å². The lowest BCUT2D eigenvalue weighted by molar-refractivity contribution is 0.0909. The van der Waals surface area contributed by atoms with Crippen molar-refractivity contribution < 1.29 is 13.9 Å². The van der Waals surface area contributed by atoms with Crippen molar-refractivity contribution in [3.05, 3.63) is 83.0 Å². The highest BCUT2D eigenvalue weighted by Gasteiger charge is 2.20. The third-order valence-corrected chi connectivity index (χ3v) is 5.30. The summed E-state index contributed by atoms with van der Waals surface area (Å²) in [4.78, 5) is 17.1. The van der Waals surface area contributed by atoms with E-state index in [0.717, 1.165) is 28.2 Å². The molecule has 0 aliphatic carbocycles. The van der Waals surface area contributed by atoms with E-state index in [9.17, 15) is 4.79 Å². The number of aryl methyl sites for hydroxylation is 1. The second-order valence-electron chi connectivity index (χ2n) is 7.04. The van der Waals surface area contributed by atoms with Crippen LogP contribution in [0.2, 0.25) is 5.02 Å². The summed E-state index contributed by atoms with van der Waals surface area (Å²) in [6.45, 7) is 4.88. The summed E-state index contributed by atoms with van der Waals surface area (Å²) in [6.07, 6.45) is 1.48. The van der Waals surface area contributed by atoms with Crippen LogP contribution in [0.4, 0.5) is 0 Å². The number of aromatic nitrogens is 2. The average molecular weight is 424 g/mol. The zero-order valence-electron chi connectivity index (χ0n) is 16.8. The predicted octanol–water partition coefficient (Wildman–Crippen LogP) is 5.16. The maximum absolute atomic E-state index is 12.4. The van der Waals surface area contributed by atoms with Crippen LogP contribution < -0.4 is 10.1 Å². The van der Waals surface area contributed by atoms with Crippen molar-refractivity contribution in [1.29, 1.82) is 0 Å². The van der Waals surface area contributed by atoms with E-state index in [1.807, 2.05) is 56.3 Å². The van der Waals surface area contributed by atoms with Gasteiger partial charge in [0.2, 0.25) is 0 Å². The summed E-state index contributed by atoms with van der Waals surface area (Å²) in [5.41, 5.74) is 2.83. The Morgan fingerprint density at radius 1 is 1.23 bits per heavy atom. The van der Waals surface area contributed by atoms with Crippen molar-refractivity contribution in [3.63, 3.8) is 0 Å². The molecule has 0 saturated carbocycles. The van der Waals surface area contributed by atoms with Gasteiger partial charge in [-0.3, -0.25) is 4.79 Å². The lowest BCUT2D eigenvalue weighted by Crippen LogP contribution is -2.28. The quantitative estimate of drug-likeness (QED) is 0.445. The van der Waals surface area contributed by atoms with E-state index in [2.05, 4.69) is 9.88 Å². The van der Waals surface area contributed by atoms with Gasteiger partial charge in [0.05, 0.1) is 29.9 Å². The highest BCUT2D eigenvalue weighted by molar-refractivity contribution is 6.31. The highest BCUT2D eigenvalue weighted by Crippen LogP contribution is 2.23. The minimum atomic E-state index is -0.312. The Morgan fingerprint density at radius 2 is 2.07 bits per heavy atom. The monoisotopic (exact) mass is 423 g/mol. The van der Waals surface area contributed by atoms with E-state index < -0.39 is 0 Å². The first kappa shape index (κ1) is 20.0. The van der Waals surface area contributed by atoms with Crippen molar-refractivity contribution in [3.8, 4) is 5.75 Å². The van der Waals surface area contributed by atoms with Crippen molar-refractivity contribution in [1.82, 2.24) is 14.9 Å². The predicted molar refractivity (Wildman–Crippen MR) is 116 cm³/mol. The standard InChI is InChI=1S/C23H22ClN3O3/c1-15-14-17(9-10-18(15)24)29-13-11-27-20-7-4-3-6-19(20)26-22(27)16(2)25-23(28)21-8-5-12-30-21/h3-10,12,14,16H,11,13H2,1-2H3,(H,25,28)/t16-/m1/s1. The Bertz CT molecular complexity index is 1170. The van der Waals surface area contributed by atoms with Gasteiger partial charge in [-0.15, -0.1) is 0 Å². The molecule has 2 heterocycles. The van der Waals surface area contributed by atoms with Crippen molar-refractivity contribution in [2.24, 2.45) is 0 Å². The molecular weight excluding hydrogens is 402 g/mol. The molecule has 0 bridgehead atoms. The van der Waals surface area contributed by atoms with Crippen LogP contribution in [0.25, 0.3) is 11.0 Å². The number of ether oxygens (including phenoxy) is 1. The van der Waals surface area contributed by atoms with Gasteiger partial charge in [-0.05, 0) is 61.9 Å². The summed E-state index contributed by atoms with van der Waals surface area (Å²) in [6, 6.07) is 16.5. The number of carbonyl (C=O) groups is 1. The smallest absolute Gasteiger partial charge is 0.287 e. The molecule has 0 saturated heterocycles. The third kappa shape index (κ3) is 4.19. The van der Waals surface area contributed by atoms with Gasteiger partial charge < -0.3 is 19.0 Å². The Balaban J connectivity index is 1.53. The largest absolute Gasteiger partial charge is 0.492 e. The topological polar surface area (TPSA) is 69.3 Å². The van der Waals surface area contributed by atoms with Crippen molar-refractivity contribution >= 4 is 28.5 Å². The van der Waals surface area contributed by atoms with Crippen LogP contribution in [0, 0.1) is 6.92 Å². The fourth-order valence-corrected chi connectivity index (χ4v) is 3.48. The van der Waals surface area contributed by atoms with Gasteiger partial charge in [-0.25, -0.2) is 4.98 Å². The molecule has 4 aromatic rings. The molecule has 0 radical (unpaired) electrons. The number of amides is 1.